The van der Waals surface area contributed by atoms with Gasteiger partial charge in [0.05, 0.1) is 19.9 Å². The highest BCUT2D eigenvalue weighted by molar-refractivity contribution is 5.66. The molecule has 2 heterocycles. The van der Waals surface area contributed by atoms with Crippen molar-refractivity contribution >= 4 is 0 Å². The second kappa shape index (κ2) is 6.02. The lowest BCUT2D eigenvalue weighted by Crippen LogP contribution is -2.22. The van der Waals surface area contributed by atoms with Gasteiger partial charge in [0.2, 0.25) is 0 Å². The smallest absolute Gasteiger partial charge is 0.140 e. The number of ether oxygens (including phenoxy) is 1. The lowest BCUT2D eigenvalue weighted by molar-refractivity contribution is 0.282. The number of fused-ring (bicyclic) bond motifs is 1. The van der Waals surface area contributed by atoms with Crippen molar-refractivity contribution in [3.05, 3.63) is 47.5 Å². The van der Waals surface area contributed by atoms with E-state index in [2.05, 4.69) is 29.3 Å². The number of benzene rings is 1. The largest absolute Gasteiger partial charge is 0.496 e. The summed E-state index contributed by atoms with van der Waals surface area (Å²) in [4.78, 5) is 0. The van der Waals surface area contributed by atoms with Crippen LogP contribution in [0.1, 0.15) is 37.3 Å². The highest BCUT2D eigenvalue weighted by Gasteiger charge is 2.30. The molecule has 0 saturated heterocycles. The summed E-state index contributed by atoms with van der Waals surface area (Å²) >= 11 is 0. The number of para-hydroxylation sites is 1. The summed E-state index contributed by atoms with van der Waals surface area (Å²) in [6.07, 6.45) is 5.01. The van der Waals surface area contributed by atoms with E-state index in [1.807, 2.05) is 35.1 Å². The second-order valence-electron chi connectivity index (χ2n) is 7.37. The zero-order valence-electron chi connectivity index (χ0n) is 14.8. The van der Waals surface area contributed by atoms with Crippen molar-refractivity contribution in [3.8, 4) is 17.0 Å². The first-order valence-electron chi connectivity index (χ1n) is 8.55. The summed E-state index contributed by atoms with van der Waals surface area (Å²) in [6.45, 7) is 5.15. The third kappa shape index (κ3) is 3.04. The minimum atomic E-state index is 0.290. The predicted molar refractivity (Wildman–Crippen MR) is 93.4 cm³/mol. The standard InChI is InChI=1S/C19H22N4O2/c1-19(2)9-8-18-14(10-19)16(21-25-18)12-23-11-15(20-22-23)13-6-4-5-7-17(13)24-3/h4-7,11H,8-10,12H2,1-3H3. The fourth-order valence-electron chi connectivity index (χ4n) is 3.43. The number of hydrogen-bond donors (Lipinski definition) is 0. The minimum absolute atomic E-state index is 0.290. The number of nitrogens with zero attached hydrogens (tertiary/aromatic N) is 4. The second-order valence-corrected chi connectivity index (χ2v) is 7.37. The molecule has 130 valence electrons. The van der Waals surface area contributed by atoms with E-state index >= 15 is 0 Å². The fourth-order valence-corrected chi connectivity index (χ4v) is 3.43. The van der Waals surface area contributed by atoms with Crippen LogP contribution in [0.2, 0.25) is 0 Å². The van der Waals surface area contributed by atoms with Gasteiger partial charge in [-0.25, -0.2) is 4.68 Å². The van der Waals surface area contributed by atoms with E-state index in [0.29, 0.717) is 6.54 Å². The fraction of sp³-hybridized carbons (Fsp3) is 0.421. The first-order valence-corrected chi connectivity index (χ1v) is 8.55. The van der Waals surface area contributed by atoms with E-state index in [9.17, 15) is 0 Å². The Labute approximate surface area is 146 Å². The van der Waals surface area contributed by atoms with Crippen molar-refractivity contribution in [2.75, 3.05) is 7.11 Å². The number of aromatic nitrogens is 4. The van der Waals surface area contributed by atoms with Gasteiger partial charge in [0.25, 0.3) is 0 Å². The van der Waals surface area contributed by atoms with Gasteiger partial charge in [0.1, 0.15) is 22.9 Å². The Balaban J connectivity index is 1.60. The van der Waals surface area contributed by atoms with Crippen molar-refractivity contribution in [3.63, 3.8) is 0 Å². The zero-order chi connectivity index (χ0) is 17.4. The topological polar surface area (TPSA) is 66.0 Å². The number of hydrogen-bond acceptors (Lipinski definition) is 5. The Morgan fingerprint density at radius 1 is 1.28 bits per heavy atom. The van der Waals surface area contributed by atoms with Gasteiger partial charge >= 0.3 is 0 Å². The van der Waals surface area contributed by atoms with Gasteiger partial charge in [-0.05, 0) is 30.4 Å². The van der Waals surface area contributed by atoms with Crippen molar-refractivity contribution in [2.45, 2.75) is 39.7 Å². The number of rotatable bonds is 4. The molecular formula is C19H22N4O2. The van der Waals surface area contributed by atoms with Crippen LogP contribution >= 0.6 is 0 Å². The summed E-state index contributed by atoms with van der Waals surface area (Å²) in [5, 5.41) is 12.8. The molecule has 0 fully saturated rings. The third-order valence-electron chi connectivity index (χ3n) is 4.87. The van der Waals surface area contributed by atoms with E-state index in [-0.39, 0.29) is 5.41 Å². The van der Waals surface area contributed by atoms with Gasteiger partial charge in [-0.1, -0.05) is 36.4 Å². The van der Waals surface area contributed by atoms with Gasteiger partial charge in [0, 0.05) is 17.5 Å². The molecule has 1 aliphatic carbocycles. The van der Waals surface area contributed by atoms with Crippen LogP contribution in [-0.4, -0.2) is 27.3 Å². The molecule has 1 aliphatic rings. The van der Waals surface area contributed by atoms with Crippen molar-refractivity contribution in [1.82, 2.24) is 20.2 Å². The number of aryl methyl sites for hydroxylation is 1. The average Bonchev–Trinajstić information content (AvgIpc) is 3.22. The Hall–Kier alpha value is -2.63. The summed E-state index contributed by atoms with van der Waals surface area (Å²) in [6, 6.07) is 7.81. The predicted octanol–water partition coefficient (Wildman–Crippen LogP) is 3.50. The summed E-state index contributed by atoms with van der Waals surface area (Å²) < 4.78 is 12.8. The first-order chi connectivity index (χ1) is 12.1. The maximum Gasteiger partial charge on any atom is 0.140 e. The molecule has 0 amide bonds. The molecule has 0 radical (unpaired) electrons. The van der Waals surface area contributed by atoms with E-state index < -0.39 is 0 Å². The minimum Gasteiger partial charge on any atom is -0.496 e. The highest BCUT2D eigenvalue weighted by Crippen LogP contribution is 2.36. The van der Waals surface area contributed by atoms with Gasteiger partial charge < -0.3 is 9.26 Å². The van der Waals surface area contributed by atoms with Crippen LogP contribution < -0.4 is 4.74 Å². The molecule has 0 unspecified atom stereocenters. The quantitative estimate of drug-likeness (QED) is 0.728. The number of methoxy groups -OCH3 is 1. The molecule has 0 bridgehead atoms. The monoisotopic (exact) mass is 338 g/mol. The molecular weight excluding hydrogens is 316 g/mol. The van der Waals surface area contributed by atoms with Crippen molar-refractivity contribution < 1.29 is 9.26 Å². The van der Waals surface area contributed by atoms with Crippen molar-refractivity contribution in [2.24, 2.45) is 5.41 Å². The summed E-state index contributed by atoms with van der Waals surface area (Å²) in [7, 11) is 1.66. The highest BCUT2D eigenvalue weighted by atomic mass is 16.5. The normalized spacial score (nSPS) is 15.8. The van der Waals surface area contributed by atoms with E-state index in [1.165, 1.54) is 5.56 Å². The molecule has 0 N–H and O–H groups in total. The van der Waals surface area contributed by atoms with Crippen LogP contribution in [0.25, 0.3) is 11.3 Å². The molecule has 0 saturated carbocycles. The first kappa shape index (κ1) is 15.9. The summed E-state index contributed by atoms with van der Waals surface area (Å²) in [5.74, 6) is 1.81. The van der Waals surface area contributed by atoms with Crippen LogP contribution in [0, 0.1) is 5.41 Å². The van der Waals surface area contributed by atoms with Crippen LogP contribution in [0.15, 0.2) is 35.0 Å². The Morgan fingerprint density at radius 2 is 2.12 bits per heavy atom. The van der Waals surface area contributed by atoms with Crippen molar-refractivity contribution in [1.29, 1.82) is 0 Å². The Bertz CT molecular complexity index is 894. The van der Waals surface area contributed by atoms with Gasteiger partial charge in [-0.2, -0.15) is 0 Å². The average molecular weight is 338 g/mol. The Kier molecular flexibility index (Phi) is 3.82. The Morgan fingerprint density at radius 3 is 2.96 bits per heavy atom. The van der Waals surface area contributed by atoms with Gasteiger partial charge in [-0.15, -0.1) is 5.10 Å². The summed E-state index contributed by atoms with van der Waals surface area (Å²) in [5.41, 5.74) is 4.21. The van der Waals surface area contributed by atoms with Crippen LogP contribution in [0.3, 0.4) is 0 Å². The molecule has 1 aromatic carbocycles. The van der Waals surface area contributed by atoms with Gasteiger partial charge in [-0.3, -0.25) is 0 Å². The molecule has 3 aromatic rings. The van der Waals surface area contributed by atoms with Crippen LogP contribution in [-0.2, 0) is 19.4 Å². The van der Waals surface area contributed by atoms with Crippen LogP contribution in [0.4, 0.5) is 0 Å². The zero-order valence-corrected chi connectivity index (χ0v) is 14.8. The lowest BCUT2D eigenvalue weighted by atomic mass is 9.76. The van der Waals surface area contributed by atoms with Crippen LogP contribution in [0.5, 0.6) is 5.75 Å². The molecule has 6 nitrogen and oxygen atoms in total. The lowest BCUT2D eigenvalue weighted by Gasteiger charge is -2.28. The molecule has 6 heteroatoms. The maximum atomic E-state index is 5.55. The molecule has 0 aliphatic heterocycles. The molecule has 25 heavy (non-hydrogen) atoms. The molecule has 0 spiro atoms. The molecule has 4 rings (SSSR count). The molecule has 2 aromatic heterocycles. The van der Waals surface area contributed by atoms with E-state index in [4.69, 9.17) is 9.26 Å². The third-order valence-corrected chi connectivity index (χ3v) is 4.87. The maximum absolute atomic E-state index is 5.55. The van der Waals surface area contributed by atoms with Gasteiger partial charge in [0.15, 0.2) is 0 Å². The SMILES string of the molecule is COc1ccccc1-c1cn(Cc2noc3c2CC(C)(C)CC3)nn1. The van der Waals surface area contributed by atoms with E-state index in [0.717, 1.165) is 47.7 Å². The van der Waals surface area contributed by atoms with E-state index in [1.54, 1.807) is 7.11 Å². The molecule has 0 atom stereocenters.